The number of hydrogen-bond donors (Lipinski definition) is 3. The van der Waals surface area contributed by atoms with Crippen molar-refractivity contribution in [2.45, 2.75) is 0 Å². The molecule has 38 heavy (non-hydrogen) atoms. The molecule has 4 aromatic carbocycles. The highest BCUT2D eigenvalue weighted by Gasteiger charge is 2.16. The summed E-state index contributed by atoms with van der Waals surface area (Å²) in [5.74, 6) is 0.642. The van der Waals surface area contributed by atoms with Crippen molar-refractivity contribution in [2.24, 2.45) is 0 Å². The Kier molecular flexibility index (Phi) is 7.10. The summed E-state index contributed by atoms with van der Waals surface area (Å²) in [6, 6.07) is 30.4. The first-order valence-corrected chi connectivity index (χ1v) is 12.1. The number of nitrogens with one attached hydrogen (secondary N) is 3. The number of para-hydroxylation sites is 1. The Morgan fingerprint density at radius 3 is 2.08 bits per heavy atom. The van der Waals surface area contributed by atoms with Gasteiger partial charge in [0.1, 0.15) is 5.75 Å². The zero-order valence-corrected chi connectivity index (χ0v) is 21.2. The van der Waals surface area contributed by atoms with Gasteiger partial charge in [-0.3, -0.25) is 15.0 Å². The van der Waals surface area contributed by atoms with Gasteiger partial charge >= 0.3 is 0 Å². The Balaban J connectivity index is 1.34. The molecule has 0 bridgehead atoms. The molecule has 1 aromatic heterocycles. The number of carbonyl (C=O) groups is 1. The van der Waals surface area contributed by atoms with Gasteiger partial charge < -0.3 is 15.4 Å². The highest BCUT2D eigenvalue weighted by Crippen LogP contribution is 2.19. The molecule has 0 fully saturated rings. The van der Waals surface area contributed by atoms with Crippen molar-refractivity contribution in [3.05, 3.63) is 119 Å². The van der Waals surface area contributed by atoms with E-state index in [0.29, 0.717) is 38.7 Å². The van der Waals surface area contributed by atoms with Crippen LogP contribution in [-0.4, -0.2) is 27.8 Å². The summed E-state index contributed by atoms with van der Waals surface area (Å²) < 4.78 is 6.36. The first-order valence-electron chi connectivity index (χ1n) is 11.7. The molecule has 0 aliphatic rings. The van der Waals surface area contributed by atoms with Crippen LogP contribution < -0.4 is 26.4 Å². The Bertz CT molecular complexity index is 1670. The molecule has 1 heterocycles. The third kappa shape index (κ3) is 5.37. The van der Waals surface area contributed by atoms with Crippen LogP contribution >= 0.6 is 12.2 Å². The van der Waals surface area contributed by atoms with Gasteiger partial charge in [0, 0.05) is 22.5 Å². The van der Waals surface area contributed by atoms with E-state index in [4.69, 9.17) is 17.0 Å². The molecule has 8 nitrogen and oxygen atoms in total. The van der Waals surface area contributed by atoms with Gasteiger partial charge in [0.15, 0.2) is 10.9 Å². The number of anilines is 2. The molecular weight excluding hydrogens is 498 g/mol. The normalized spacial score (nSPS) is 10.6. The first-order chi connectivity index (χ1) is 18.5. The molecule has 0 atom stereocenters. The minimum atomic E-state index is -0.452. The Morgan fingerprint density at radius 1 is 0.816 bits per heavy atom. The molecule has 3 N–H and O–H groups in total. The van der Waals surface area contributed by atoms with Gasteiger partial charge in [-0.05, 0) is 72.9 Å². The number of hydrogen-bond acceptors (Lipinski definition) is 5. The van der Waals surface area contributed by atoms with Gasteiger partial charge in [-0.2, -0.15) is 4.68 Å². The molecule has 0 saturated carbocycles. The van der Waals surface area contributed by atoms with Crippen molar-refractivity contribution in [3.8, 4) is 17.1 Å². The van der Waals surface area contributed by atoms with E-state index >= 15 is 0 Å². The van der Waals surface area contributed by atoms with Crippen LogP contribution in [0.3, 0.4) is 0 Å². The smallest absolute Gasteiger partial charge is 0.280 e. The van der Waals surface area contributed by atoms with Crippen molar-refractivity contribution >= 4 is 45.5 Å². The van der Waals surface area contributed by atoms with Gasteiger partial charge in [-0.25, -0.2) is 4.98 Å². The summed E-state index contributed by atoms with van der Waals surface area (Å²) >= 11 is 5.39. The number of rotatable bonds is 6. The lowest BCUT2D eigenvalue weighted by Gasteiger charge is -2.15. The molecule has 0 spiro atoms. The predicted octanol–water partition coefficient (Wildman–Crippen LogP) is 5.26. The predicted molar refractivity (Wildman–Crippen MR) is 154 cm³/mol. The van der Waals surface area contributed by atoms with Crippen LogP contribution in [0.15, 0.2) is 108 Å². The van der Waals surface area contributed by atoms with Crippen molar-refractivity contribution < 1.29 is 9.53 Å². The zero-order valence-electron chi connectivity index (χ0n) is 20.3. The molecular formula is C29H23N5O3S. The average Bonchev–Trinajstić information content (AvgIpc) is 2.95. The molecule has 5 rings (SSSR count). The topological polar surface area (TPSA) is 97.3 Å². The summed E-state index contributed by atoms with van der Waals surface area (Å²) in [6.07, 6.45) is 0. The maximum absolute atomic E-state index is 13.3. The molecule has 1 amide bonds. The van der Waals surface area contributed by atoms with Crippen LogP contribution in [0.4, 0.5) is 11.4 Å². The standard InChI is InChI=1S/C29H23N5O3S/c1-37-23-17-15-22(16-18-23)31-29(38)30-21-13-11-20(12-14-21)27(35)33-34-26(19-7-3-2-4-8-19)32-25-10-6-5-9-24(25)28(34)36/h2-18H,1H3,(H,33,35)(H2,30,31,38). The number of amides is 1. The summed E-state index contributed by atoms with van der Waals surface area (Å²) in [5, 5.41) is 6.99. The van der Waals surface area contributed by atoms with Crippen LogP contribution in [0.5, 0.6) is 5.75 Å². The third-order valence-corrected chi connectivity index (χ3v) is 5.98. The van der Waals surface area contributed by atoms with Gasteiger partial charge in [0.2, 0.25) is 0 Å². The van der Waals surface area contributed by atoms with Crippen LogP contribution in [0, 0.1) is 0 Å². The largest absolute Gasteiger partial charge is 0.497 e. The molecule has 0 aliphatic carbocycles. The van der Waals surface area contributed by atoms with E-state index in [1.54, 1.807) is 49.6 Å². The molecule has 0 radical (unpaired) electrons. The van der Waals surface area contributed by atoms with E-state index in [1.165, 1.54) is 4.68 Å². The SMILES string of the molecule is COc1ccc(NC(=S)Nc2ccc(C(=O)Nn3c(-c4ccccc4)nc4ccccc4c3=O)cc2)cc1. The minimum absolute atomic E-state index is 0.343. The number of nitrogens with zero attached hydrogens (tertiary/aromatic N) is 2. The fourth-order valence-electron chi connectivity index (χ4n) is 3.86. The second-order valence-corrected chi connectivity index (χ2v) is 8.69. The summed E-state index contributed by atoms with van der Waals surface area (Å²) in [4.78, 5) is 31.1. The number of methoxy groups -OCH3 is 1. The summed E-state index contributed by atoms with van der Waals surface area (Å²) in [7, 11) is 1.61. The van der Waals surface area contributed by atoms with Gasteiger partial charge in [0.25, 0.3) is 11.5 Å². The van der Waals surface area contributed by atoms with Gasteiger partial charge in [-0.15, -0.1) is 0 Å². The first kappa shape index (κ1) is 24.7. The third-order valence-electron chi connectivity index (χ3n) is 5.77. The van der Waals surface area contributed by atoms with Crippen molar-refractivity contribution in [1.82, 2.24) is 9.66 Å². The molecule has 5 aromatic rings. The quantitative estimate of drug-likeness (QED) is 0.262. The van der Waals surface area contributed by atoms with E-state index in [2.05, 4.69) is 21.0 Å². The number of carbonyl (C=O) groups excluding carboxylic acids is 1. The Hall–Kier alpha value is -5.02. The maximum Gasteiger partial charge on any atom is 0.280 e. The van der Waals surface area contributed by atoms with Crippen molar-refractivity contribution in [1.29, 1.82) is 0 Å². The van der Waals surface area contributed by atoms with Crippen LogP contribution in [-0.2, 0) is 0 Å². The monoisotopic (exact) mass is 521 g/mol. The number of aromatic nitrogens is 2. The van der Waals surface area contributed by atoms with E-state index in [9.17, 15) is 9.59 Å². The van der Waals surface area contributed by atoms with Crippen molar-refractivity contribution in [2.75, 3.05) is 23.2 Å². The fraction of sp³-hybridized carbons (Fsp3) is 0.0345. The number of ether oxygens (including phenoxy) is 1. The lowest BCUT2D eigenvalue weighted by Crippen LogP contribution is -2.35. The second-order valence-electron chi connectivity index (χ2n) is 8.29. The molecule has 188 valence electrons. The molecule has 0 unspecified atom stereocenters. The van der Waals surface area contributed by atoms with Crippen LogP contribution in [0.25, 0.3) is 22.3 Å². The highest BCUT2D eigenvalue weighted by molar-refractivity contribution is 7.80. The highest BCUT2D eigenvalue weighted by atomic mass is 32.1. The molecule has 0 saturated heterocycles. The fourth-order valence-corrected chi connectivity index (χ4v) is 4.09. The Labute approximate surface area is 223 Å². The van der Waals surface area contributed by atoms with Crippen LogP contribution in [0.1, 0.15) is 10.4 Å². The zero-order chi connectivity index (χ0) is 26.5. The van der Waals surface area contributed by atoms with E-state index in [1.807, 2.05) is 60.7 Å². The van der Waals surface area contributed by atoms with E-state index < -0.39 is 5.91 Å². The number of thiocarbonyl (C=S) groups is 1. The molecule has 0 aliphatic heterocycles. The second kappa shape index (κ2) is 10.9. The number of fused-ring (bicyclic) bond motifs is 1. The number of benzene rings is 4. The van der Waals surface area contributed by atoms with Gasteiger partial charge in [-0.1, -0.05) is 42.5 Å². The molecule has 9 heteroatoms. The Morgan fingerprint density at radius 2 is 1.42 bits per heavy atom. The van der Waals surface area contributed by atoms with E-state index in [-0.39, 0.29) is 5.56 Å². The average molecular weight is 522 g/mol. The minimum Gasteiger partial charge on any atom is -0.497 e. The maximum atomic E-state index is 13.3. The lowest BCUT2D eigenvalue weighted by molar-refractivity contribution is 0.101. The lowest BCUT2D eigenvalue weighted by atomic mass is 10.2. The van der Waals surface area contributed by atoms with Gasteiger partial charge in [0.05, 0.1) is 18.0 Å². The van der Waals surface area contributed by atoms with Crippen LogP contribution in [0.2, 0.25) is 0 Å². The summed E-state index contributed by atoms with van der Waals surface area (Å²) in [5.41, 5.74) is 5.48. The van der Waals surface area contributed by atoms with Crippen molar-refractivity contribution in [3.63, 3.8) is 0 Å². The summed E-state index contributed by atoms with van der Waals surface area (Å²) in [6.45, 7) is 0. The van der Waals surface area contributed by atoms with E-state index in [0.717, 1.165) is 11.4 Å².